The standard InChI is InChI=1S/C21H23NO5/c1-21(2)11-16(15-10-14(24-3)5-7-17(15)27-21)22-20(23)9-13-4-6-18-19(8-13)26-12-25-18/h4-8,10,16H,9,11-12H2,1-3H3,(H,22,23). The lowest BCUT2D eigenvalue weighted by Crippen LogP contribution is -2.41. The van der Waals surface area contributed by atoms with E-state index in [1.807, 2.05) is 50.2 Å². The van der Waals surface area contributed by atoms with Crippen molar-refractivity contribution in [3.8, 4) is 23.0 Å². The Balaban J connectivity index is 1.52. The average molecular weight is 369 g/mol. The van der Waals surface area contributed by atoms with Crippen LogP contribution in [0.2, 0.25) is 0 Å². The summed E-state index contributed by atoms with van der Waals surface area (Å²) >= 11 is 0. The first-order chi connectivity index (χ1) is 12.9. The van der Waals surface area contributed by atoms with Gasteiger partial charge in [-0.2, -0.15) is 0 Å². The van der Waals surface area contributed by atoms with E-state index in [9.17, 15) is 4.79 Å². The van der Waals surface area contributed by atoms with Gasteiger partial charge < -0.3 is 24.3 Å². The SMILES string of the molecule is COc1ccc2c(c1)C(NC(=O)Cc1ccc3c(c1)OCO3)CC(C)(C)O2. The smallest absolute Gasteiger partial charge is 0.231 e. The molecule has 2 aliphatic rings. The summed E-state index contributed by atoms with van der Waals surface area (Å²) in [6.45, 7) is 4.27. The largest absolute Gasteiger partial charge is 0.497 e. The van der Waals surface area contributed by atoms with E-state index in [1.165, 1.54) is 0 Å². The summed E-state index contributed by atoms with van der Waals surface area (Å²) in [5.74, 6) is 2.87. The van der Waals surface area contributed by atoms with E-state index in [0.29, 0.717) is 17.9 Å². The first kappa shape index (κ1) is 17.5. The van der Waals surface area contributed by atoms with Crippen LogP contribution < -0.4 is 24.3 Å². The molecule has 0 saturated heterocycles. The van der Waals surface area contributed by atoms with Crippen LogP contribution in [0, 0.1) is 0 Å². The quantitative estimate of drug-likeness (QED) is 0.895. The van der Waals surface area contributed by atoms with Gasteiger partial charge in [-0.15, -0.1) is 0 Å². The molecule has 2 aliphatic heterocycles. The minimum atomic E-state index is -0.363. The molecule has 4 rings (SSSR count). The highest BCUT2D eigenvalue weighted by Gasteiger charge is 2.34. The maximum Gasteiger partial charge on any atom is 0.231 e. The maximum atomic E-state index is 12.7. The van der Waals surface area contributed by atoms with E-state index < -0.39 is 0 Å². The van der Waals surface area contributed by atoms with Crippen molar-refractivity contribution in [3.63, 3.8) is 0 Å². The topological polar surface area (TPSA) is 66.0 Å². The van der Waals surface area contributed by atoms with Gasteiger partial charge in [0.2, 0.25) is 12.7 Å². The number of hydrogen-bond donors (Lipinski definition) is 1. The molecule has 2 aromatic rings. The fourth-order valence-corrected chi connectivity index (χ4v) is 3.57. The Morgan fingerprint density at radius 3 is 2.74 bits per heavy atom. The Labute approximate surface area is 158 Å². The number of methoxy groups -OCH3 is 1. The van der Waals surface area contributed by atoms with Gasteiger partial charge in [-0.05, 0) is 49.7 Å². The lowest BCUT2D eigenvalue weighted by Gasteiger charge is -2.38. The highest BCUT2D eigenvalue weighted by atomic mass is 16.7. The number of carbonyl (C=O) groups excluding carboxylic acids is 1. The van der Waals surface area contributed by atoms with Crippen molar-refractivity contribution in [2.24, 2.45) is 0 Å². The van der Waals surface area contributed by atoms with Crippen LogP contribution in [0.25, 0.3) is 0 Å². The number of carbonyl (C=O) groups is 1. The minimum absolute atomic E-state index is 0.0506. The van der Waals surface area contributed by atoms with Gasteiger partial charge in [0.1, 0.15) is 17.1 Å². The van der Waals surface area contributed by atoms with Crippen molar-refractivity contribution < 1.29 is 23.7 Å². The van der Waals surface area contributed by atoms with Crippen molar-refractivity contribution in [2.45, 2.75) is 38.3 Å². The zero-order chi connectivity index (χ0) is 19.0. The van der Waals surface area contributed by atoms with Gasteiger partial charge in [-0.25, -0.2) is 0 Å². The lowest BCUT2D eigenvalue weighted by atomic mass is 9.89. The van der Waals surface area contributed by atoms with Crippen LogP contribution in [0.15, 0.2) is 36.4 Å². The molecule has 6 heteroatoms. The van der Waals surface area contributed by atoms with Gasteiger partial charge in [-0.3, -0.25) is 4.79 Å². The minimum Gasteiger partial charge on any atom is -0.497 e. The molecule has 1 unspecified atom stereocenters. The Morgan fingerprint density at radius 1 is 1.15 bits per heavy atom. The molecular weight excluding hydrogens is 346 g/mol. The second kappa shape index (κ2) is 6.68. The third kappa shape index (κ3) is 3.65. The molecule has 27 heavy (non-hydrogen) atoms. The average Bonchev–Trinajstić information content (AvgIpc) is 3.08. The molecule has 142 valence electrons. The fraction of sp³-hybridized carbons (Fsp3) is 0.381. The molecule has 6 nitrogen and oxygen atoms in total. The monoisotopic (exact) mass is 369 g/mol. The Bertz CT molecular complexity index is 877. The van der Waals surface area contributed by atoms with Gasteiger partial charge in [0, 0.05) is 12.0 Å². The molecule has 0 spiro atoms. The van der Waals surface area contributed by atoms with Crippen LogP contribution in [0.4, 0.5) is 0 Å². The van der Waals surface area contributed by atoms with Crippen molar-refractivity contribution in [2.75, 3.05) is 13.9 Å². The molecule has 0 radical (unpaired) electrons. The van der Waals surface area contributed by atoms with Gasteiger partial charge in [-0.1, -0.05) is 6.07 Å². The maximum absolute atomic E-state index is 12.7. The molecule has 2 heterocycles. The van der Waals surface area contributed by atoms with Gasteiger partial charge >= 0.3 is 0 Å². The molecule has 2 aromatic carbocycles. The molecule has 0 saturated carbocycles. The first-order valence-electron chi connectivity index (χ1n) is 8.98. The summed E-state index contributed by atoms with van der Waals surface area (Å²) in [7, 11) is 1.63. The van der Waals surface area contributed by atoms with Crippen LogP contribution in [0.5, 0.6) is 23.0 Å². The van der Waals surface area contributed by atoms with E-state index in [0.717, 1.165) is 22.6 Å². The van der Waals surface area contributed by atoms with Crippen molar-refractivity contribution in [1.29, 1.82) is 0 Å². The fourth-order valence-electron chi connectivity index (χ4n) is 3.57. The summed E-state index contributed by atoms with van der Waals surface area (Å²) in [5.41, 5.74) is 1.46. The second-order valence-corrected chi connectivity index (χ2v) is 7.45. The number of amides is 1. The number of benzene rings is 2. The van der Waals surface area contributed by atoms with Crippen LogP contribution in [0.3, 0.4) is 0 Å². The lowest BCUT2D eigenvalue weighted by molar-refractivity contribution is -0.121. The summed E-state index contributed by atoms with van der Waals surface area (Å²) in [6.07, 6.45) is 0.952. The van der Waals surface area contributed by atoms with E-state index >= 15 is 0 Å². The Hall–Kier alpha value is -2.89. The number of fused-ring (bicyclic) bond motifs is 2. The zero-order valence-corrected chi connectivity index (χ0v) is 15.7. The number of hydrogen-bond acceptors (Lipinski definition) is 5. The first-order valence-corrected chi connectivity index (χ1v) is 8.98. The highest BCUT2D eigenvalue weighted by molar-refractivity contribution is 5.79. The predicted molar refractivity (Wildman–Crippen MR) is 99.5 cm³/mol. The number of rotatable bonds is 4. The van der Waals surface area contributed by atoms with Crippen LogP contribution >= 0.6 is 0 Å². The molecule has 0 aromatic heterocycles. The van der Waals surface area contributed by atoms with E-state index in [4.69, 9.17) is 18.9 Å². The van der Waals surface area contributed by atoms with Gasteiger partial charge in [0.25, 0.3) is 0 Å². The van der Waals surface area contributed by atoms with Crippen LogP contribution in [-0.4, -0.2) is 25.4 Å². The van der Waals surface area contributed by atoms with E-state index in [-0.39, 0.29) is 30.8 Å². The summed E-state index contributed by atoms with van der Waals surface area (Å²) in [4.78, 5) is 12.7. The molecule has 1 N–H and O–H groups in total. The van der Waals surface area contributed by atoms with Crippen LogP contribution in [0.1, 0.15) is 37.4 Å². The van der Waals surface area contributed by atoms with E-state index in [2.05, 4.69) is 5.32 Å². The van der Waals surface area contributed by atoms with E-state index in [1.54, 1.807) is 7.11 Å². The number of ether oxygens (including phenoxy) is 4. The summed E-state index contributed by atoms with van der Waals surface area (Å²) in [6, 6.07) is 11.1. The van der Waals surface area contributed by atoms with Crippen molar-refractivity contribution in [3.05, 3.63) is 47.5 Å². The Morgan fingerprint density at radius 2 is 1.93 bits per heavy atom. The zero-order valence-electron chi connectivity index (χ0n) is 15.7. The second-order valence-electron chi connectivity index (χ2n) is 7.45. The van der Waals surface area contributed by atoms with Gasteiger partial charge in [0.05, 0.1) is 19.6 Å². The molecule has 1 atom stereocenters. The Kier molecular flexibility index (Phi) is 4.34. The molecule has 0 fully saturated rings. The molecular formula is C21H23NO5. The van der Waals surface area contributed by atoms with Gasteiger partial charge in [0.15, 0.2) is 11.5 Å². The number of nitrogens with one attached hydrogen (secondary N) is 1. The molecule has 1 amide bonds. The summed E-state index contributed by atoms with van der Waals surface area (Å²) in [5, 5.41) is 3.15. The van der Waals surface area contributed by atoms with Crippen LogP contribution in [-0.2, 0) is 11.2 Å². The molecule has 0 aliphatic carbocycles. The highest BCUT2D eigenvalue weighted by Crippen LogP contribution is 2.41. The third-order valence-electron chi connectivity index (χ3n) is 4.81. The van der Waals surface area contributed by atoms with Crippen molar-refractivity contribution in [1.82, 2.24) is 5.32 Å². The third-order valence-corrected chi connectivity index (χ3v) is 4.81. The normalized spacial score (nSPS) is 19.0. The summed E-state index contributed by atoms with van der Waals surface area (Å²) < 4.78 is 22.1. The van der Waals surface area contributed by atoms with Crippen molar-refractivity contribution >= 4 is 5.91 Å². The predicted octanol–water partition coefficient (Wildman–Crippen LogP) is 3.39. The molecule has 0 bridgehead atoms.